The Bertz CT molecular complexity index is 3510. The molecule has 0 atom stereocenters. The summed E-state index contributed by atoms with van der Waals surface area (Å²) in [5.74, 6) is 1.99. The van der Waals surface area contributed by atoms with Crippen LogP contribution in [0.4, 0.5) is 5.95 Å². The van der Waals surface area contributed by atoms with Crippen LogP contribution < -0.4 is 19.7 Å². The van der Waals surface area contributed by atoms with Crippen LogP contribution in [0.5, 0.6) is 11.5 Å². The number of amides is 2. The van der Waals surface area contributed by atoms with Gasteiger partial charge in [0.1, 0.15) is 24.7 Å². The molecule has 2 amide bonds. The largest absolute Gasteiger partial charge is 0.491 e. The average molecular weight is 1050 g/mol. The van der Waals surface area contributed by atoms with Gasteiger partial charge in [0.2, 0.25) is 5.95 Å². The first-order valence-electron chi connectivity index (χ1n) is 22.9. The van der Waals surface area contributed by atoms with Gasteiger partial charge in [0, 0.05) is 62.0 Å². The minimum Gasteiger partial charge on any atom is -0.491 e. The van der Waals surface area contributed by atoms with Crippen LogP contribution in [0.25, 0.3) is 44.3 Å². The van der Waals surface area contributed by atoms with Gasteiger partial charge in [-0.25, -0.2) is 26.8 Å². The quantitative estimate of drug-likeness (QED) is 0.122. The van der Waals surface area contributed by atoms with Crippen molar-refractivity contribution in [1.29, 1.82) is 0 Å². The summed E-state index contributed by atoms with van der Waals surface area (Å²) in [6.45, 7) is 2.44. The van der Waals surface area contributed by atoms with E-state index in [4.69, 9.17) is 9.47 Å². The number of carbonyl (C=O) groups is 2. The van der Waals surface area contributed by atoms with E-state index in [1.165, 1.54) is 24.3 Å². The predicted molar refractivity (Wildman–Crippen MR) is 290 cm³/mol. The normalized spacial score (nSPS) is 13.3. The Labute approximate surface area is 431 Å². The number of hydrogen-bond acceptors (Lipinski definition) is 13. The number of anilines is 1. The molecule has 3 N–H and O–H groups in total. The summed E-state index contributed by atoms with van der Waals surface area (Å²) in [5.41, 5.74) is 10.6. The number of ether oxygens (including phenoxy) is 2. The van der Waals surface area contributed by atoms with E-state index < -0.39 is 19.7 Å². The summed E-state index contributed by atoms with van der Waals surface area (Å²) >= 11 is 1.57. The van der Waals surface area contributed by atoms with Gasteiger partial charge >= 0.3 is 0 Å². The molecular weight excluding hydrogens is 985 g/mol. The van der Waals surface area contributed by atoms with Crippen molar-refractivity contribution < 1.29 is 35.9 Å². The summed E-state index contributed by atoms with van der Waals surface area (Å²) in [7, 11) is 1.00. The molecule has 0 radical (unpaired) electrons. The highest BCUT2D eigenvalue weighted by atomic mass is 32.2. The number of aromatic amines is 2. The molecule has 0 aliphatic carbocycles. The van der Waals surface area contributed by atoms with Crippen molar-refractivity contribution in [2.45, 2.75) is 35.5 Å². The van der Waals surface area contributed by atoms with Crippen LogP contribution in [0.15, 0.2) is 136 Å². The fourth-order valence-electron chi connectivity index (χ4n) is 8.20. The molecule has 4 heterocycles. The fraction of sp³-hybridized carbons (Fsp3) is 0.259. The monoisotopic (exact) mass is 1040 g/mol. The first-order valence-corrected chi connectivity index (χ1v) is 27.9. The van der Waals surface area contributed by atoms with Gasteiger partial charge in [-0.2, -0.15) is 0 Å². The molecule has 0 bridgehead atoms. The van der Waals surface area contributed by atoms with Crippen molar-refractivity contribution in [2.75, 3.05) is 78.2 Å². The van der Waals surface area contributed by atoms with Crippen LogP contribution in [-0.4, -0.2) is 132 Å². The van der Waals surface area contributed by atoms with E-state index in [1.807, 2.05) is 87.9 Å². The second-order valence-corrected chi connectivity index (χ2v) is 22.4. The summed E-state index contributed by atoms with van der Waals surface area (Å²) < 4.78 is 58.7. The minimum atomic E-state index is -3.32. The fourth-order valence-corrected chi connectivity index (χ4v) is 9.86. The van der Waals surface area contributed by atoms with Gasteiger partial charge < -0.3 is 39.5 Å². The van der Waals surface area contributed by atoms with Crippen molar-refractivity contribution in [1.82, 2.24) is 35.1 Å². The SMILES string of the molecule is C.CN(C)c1nc2ccc(-c3ccc4c(c3)CN(C(=O)c3ccc(S(C)(=O)=O)cc3)CCO4)cc2[nH]1.CNC.CSc1nc2ccc(-c3ccc4c(c3)CN(C(=O)c3ccc(S(C)(=O)=O)cc3)CCO4)cc2[nH]1. The molecular formula is C54H60N8O8S3. The molecule has 0 saturated carbocycles. The zero-order chi connectivity index (χ0) is 51.3. The second kappa shape index (κ2) is 22.7. The van der Waals surface area contributed by atoms with E-state index in [-0.39, 0.29) is 29.0 Å². The van der Waals surface area contributed by atoms with Crippen molar-refractivity contribution in [3.63, 3.8) is 0 Å². The van der Waals surface area contributed by atoms with E-state index in [9.17, 15) is 26.4 Å². The third kappa shape index (κ3) is 12.5. The molecule has 10 rings (SSSR count). The van der Waals surface area contributed by atoms with Crippen molar-refractivity contribution >= 4 is 71.3 Å². The number of hydrogen-bond donors (Lipinski definition) is 3. The first kappa shape index (κ1) is 53.6. The van der Waals surface area contributed by atoms with Crippen molar-refractivity contribution in [3.05, 3.63) is 144 Å². The summed E-state index contributed by atoms with van der Waals surface area (Å²) in [4.78, 5) is 47.9. The highest BCUT2D eigenvalue weighted by Gasteiger charge is 2.24. The molecule has 73 heavy (non-hydrogen) atoms. The third-order valence-electron chi connectivity index (χ3n) is 11.9. The maximum absolute atomic E-state index is 13.2. The first-order chi connectivity index (χ1) is 34.4. The predicted octanol–water partition coefficient (Wildman–Crippen LogP) is 8.60. The number of thioether (sulfide) groups is 1. The van der Waals surface area contributed by atoms with Crippen LogP contribution in [0.1, 0.15) is 39.3 Å². The number of imidazole rings is 2. The van der Waals surface area contributed by atoms with E-state index in [2.05, 4.69) is 49.5 Å². The van der Waals surface area contributed by atoms with Gasteiger partial charge in [-0.05, 0) is 140 Å². The number of fused-ring (bicyclic) bond motifs is 4. The van der Waals surface area contributed by atoms with Gasteiger partial charge in [-0.15, -0.1) is 0 Å². The molecule has 0 fully saturated rings. The lowest BCUT2D eigenvalue weighted by Crippen LogP contribution is -2.32. The summed E-state index contributed by atoms with van der Waals surface area (Å²) in [6, 6.07) is 36.4. The van der Waals surface area contributed by atoms with Crippen LogP contribution in [0, 0.1) is 0 Å². The molecule has 0 unspecified atom stereocenters. The summed E-state index contributed by atoms with van der Waals surface area (Å²) in [5, 5.41) is 3.63. The molecule has 6 aromatic carbocycles. The Morgan fingerprint density at radius 2 is 1.00 bits per heavy atom. The molecule has 2 aliphatic heterocycles. The molecule has 0 spiro atoms. The number of H-pyrrole nitrogens is 2. The smallest absolute Gasteiger partial charge is 0.254 e. The highest BCUT2D eigenvalue weighted by Crippen LogP contribution is 2.34. The van der Waals surface area contributed by atoms with E-state index in [0.29, 0.717) is 50.5 Å². The minimum absolute atomic E-state index is 0. The lowest BCUT2D eigenvalue weighted by molar-refractivity contribution is 0.0726. The Morgan fingerprint density at radius 1 is 0.603 bits per heavy atom. The van der Waals surface area contributed by atoms with E-state index in [1.54, 1.807) is 45.8 Å². The molecule has 382 valence electrons. The molecule has 16 nitrogen and oxygen atoms in total. The zero-order valence-electron chi connectivity index (χ0n) is 41.0. The number of benzene rings is 6. The van der Waals surface area contributed by atoms with Gasteiger partial charge in [-0.1, -0.05) is 43.5 Å². The Balaban J connectivity index is 0.000000200. The van der Waals surface area contributed by atoms with Gasteiger partial charge in [0.05, 0.1) is 44.9 Å². The highest BCUT2D eigenvalue weighted by molar-refractivity contribution is 7.98. The number of carbonyl (C=O) groups excluding carboxylic acids is 2. The lowest BCUT2D eigenvalue weighted by Gasteiger charge is -2.20. The number of aromatic nitrogens is 4. The average Bonchev–Trinajstić information content (AvgIpc) is 3.85. The molecule has 8 aromatic rings. The topological polar surface area (TPSA) is 200 Å². The number of sulfone groups is 2. The molecule has 2 aliphatic rings. The number of nitrogens with zero attached hydrogens (tertiary/aromatic N) is 5. The van der Waals surface area contributed by atoms with Crippen LogP contribution >= 0.6 is 11.8 Å². The second-order valence-electron chi connectivity index (χ2n) is 17.6. The Kier molecular flexibility index (Phi) is 16.7. The standard InChI is InChI=1S/C26H26N4O4S.C25H23N3O4S2.C2H7N.CH4/c1-29(2)26-27-22-10-6-19(15-23(22)28-26)18-7-11-24-20(14-18)16-30(12-13-34-24)25(31)17-4-8-21(9-5-17)35(3,32)33;1-33-25-26-21-9-5-18(14-22(21)27-25)17-6-10-23-19(13-17)15-28(11-12-32-23)24(29)16-3-7-20(8-4-16)34(2,30)31;1-3-2;/h4-11,14-15H,12-13,16H2,1-3H3,(H,27,28);3-10,13-14H,11-12,15H2,1-2H3,(H,26,27);3H,1-2H3;1H4. The van der Waals surface area contributed by atoms with Crippen LogP contribution in [0.2, 0.25) is 0 Å². The molecule has 2 aromatic heterocycles. The molecule has 0 saturated heterocycles. The Morgan fingerprint density at radius 3 is 1.41 bits per heavy atom. The third-order valence-corrected chi connectivity index (χ3v) is 14.8. The van der Waals surface area contributed by atoms with Crippen LogP contribution in [-0.2, 0) is 32.8 Å². The number of rotatable bonds is 8. The Hall–Kier alpha value is -7.19. The number of nitrogens with one attached hydrogen (secondary N) is 3. The maximum atomic E-state index is 13.2. The van der Waals surface area contributed by atoms with Gasteiger partial charge in [-0.3, -0.25) is 9.59 Å². The summed E-state index contributed by atoms with van der Waals surface area (Å²) in [6.07, 6.45) is 4.28. The van der Waals surface area contributed by atoms with E-state index in [0.717, 1.165) is 90.6 Å². The van der Waals surface area contributed by atoms with Crippen molar-refractivity contribution in [3.8, 4) is 33.8 Å². The maximum Gasteiger partial charge on any atom is 0.254 e. The van der Waals surface area contributed by atoms with Gasteiger partial charge in [0.15, 0.2) is 24.8 Å². The molecule has 19 heteroatoms. The van der Waals surface area contributed by atoms with Crippen LogP contribution in [0.3, 0.4) is 0 Å². The lowest BCUT2D eigenvalue weighted by atomic mass is 10.0. The van der Waals surface area contributed by atoms with E-state index >= 15 is 0 Å². The van der Waals surface area contributed by atoms with Gasteiger partial charge in [0.25, 0.3) is 11.8 Å². The van der Waals surface area contributed by atoms with Crippen molar-refractivity contribution in [2.24, 2.45) is 0 Å². The zero-order valence-corrected chi connectivity index (χ0v) is 43.5.